The van der Waals surface area contributed by atoms with E-state index in [4.69, 9.17) is 0 Å². The number of halogens is 1. The van der Waals surface area contributed by atoms with Crippen molar-refractivity contribution >= 4 is 32.2 Å². The van der Waals surface area contributed by atoms with Gasteiger partial charge >= 0.3 is 0 Å². The lowest BCUT2D eigenvalue weighted by Gasteiger charge is -1.96. The zero-order chi connectivity index (χ0) is 6.73. The molecule has 0 saturated carbocycles. The summed E-state index contributed by atoms with van der Waals surface area (Å²) < 4.78 is -0.0879. The zero-order valence-electron chi connectivity index (χ0n) is 4.77. The summed E-state index contributed by atoms with van der Waals surface area (Å²) in [5.41, 5.74) is 0. The van der Waals surface area contributed by atoms with Crippen LogP contribution in [0, 0.1) is 5.92 Å². The van der Waals surface area contributed by atoms with Gasteiger partial charge in [0.05, 0.1) is 5.92 Å². The van der Waals surface area contributed by atoms with Crippen molar-refractivity contribution in [3.8, 4) is 0 Å². The first kappa shape index (κ1) is 8.07. The fourth-order valence-electron chi connectivity index (χ4n) is 0.160. The van der Waals surface area contributed by atoms with E-state index in [1.807, 2.05) is 0 Å². The van der Waals surface area contributed by atoms with Gasteiger partial charge in [0.15, 0.2) is 0 Å². The quantitative estimate of drug-likeness (QED) is 0.402. The Morgan fingerprint density at radius 2 is 1.88 bits per heavy atom. The number of rotatable bonds is 2. The van der Waals surface area contributed by atoms with Crippen LogP contribution in [0.25, 0.3) is 0 Å². The van der Waals surface area contributed by atoms with E-state index in [1.54, 1.807) is 29.5 Å². The van der Waals surface area contributed by atoms with E-state index in [0.717, 1.165) is 0 Å². The molecule has 3 heteroatoms. The predicted molar refractivity (Wildman–Crippen MR) is 38.9 cm³/mol. The molecular formula is C5H7IO2. The molecule has 0 N–H and O–H groups in total. The smallest absolute Gasteiger partial charge is 0.202 e. The molecule has 0 amide bonds. The summed E-state index contributed by atoms with van der Waals surface area (Å²) >= 11 is 1.62. The van der Waals surface area contributed by atoms with Crippen molar-refractivity contribution in [1.29, 1.82) is 0 Å². The molecule has 0 aromatic rings. The molecule has 1 unspecified atom stereocenters. The van der Waals surface area contributed by atoms with Crippen LogP contribution < -0.4 is 0 Å². The first-order chi connectivity index (χ1) is 3.55. The van der Waals surface area contributed by atoms with E-state index < -0.39 is 5.92 Å². The van der Waals surface area contributed by atoms with Gasteiger partial charge in [0.25, 0.3) is 0 Å². The summed E-state index contributed by atoms with van der Waals surface area (Å²) in [4.78, 5) is 20.7. The van der Waals surface area contributed by atoms with Crippen LogP contribution in [0.1, 0.15) is 13.8 Å². The normalized spacial score (nSPS) is 12.9. The summed E-state index contributed by atoms with van der Waals surface area (Å²) in [7, 11) is 0. The Hall–Kier alpha value is 0.0700. The fraction of sp³-hybridized carbons (Fsp3) is 0.600. The Morgan fingerprint density at radius 3 is 1.88 bits per heavy atom. The molecule has 8 heavy (non-hydrogen) atoms. The molecule has 0 aliphatic rings. The molecule has 1 atom stereocenters. The lowest BCUT2D eigenvalue weighted by atomic mass is 10.1. The van der Waals surface area contributed by atoms with Crippen LogP contribution in [0.3, 0.4) is 0 Å². The van der Waals surface area contributed by atoms with Crippen molar-refractivity contribution in [2.45, 2.75) is 13.8 Å². The molecule has 0 aromatic carbocycles. The zero-order valence-corrected chi connectivity index (χ0v) is 6.93. The Labute approximate surface area is 61.8 Å². The average Bonchev–Trinajstić information content (AvgIpc) is 1.64. The molecule has 0 saturated heterocycles. The van der Waals surface area contributed by atoms with Crippen LogP contribution in [0.5, 0.6) is 0 Å². The third-order valence-electron chi connectivity index (χ3n) is 0.950. The number of hydrogen-bond donors (Lipinski definition) is 0. The number of carbonyl (C=O) groups is 2. The van der Waals surface area contributed by atoms with Crippen LogP contribution >= 0.6 is 22.6 Å². The Morgan fingerprint density at radius 1 is 1.50 bits per heavy atom. The number of ketones is 1. The van der Waals surface area contributed by atoms with Gasteiger partial charge in [-0.2, -0.15) is 0 Å². The first-order valence-corrected chi connectivity index (χ1v) is 3.33. The van der Waals surface area contributed by atoms with Crippen molar-refractivity contribution < 1.29 is 9.59 Å². The number of Topliss-reactive ketones (excluding diaryl/α,β-unsaturated/α-hetero) is 1. The molecule has 0 aliphatic heterocycles. The van der Waals surface area contributed by atoms with Gasteiger partial charge < -0.3 is 0 Å². The highest BCUT2D eigenvalue weighted by atomic mass is 127. The van der Waals surface area contributed by atoms with Crippen molar-refractivity contribution in [2.75, 3.05) is 0 Å². The van der Waals surface area contributed by atoms with Gasteiger partial charge in [0, 0.05) is 22.6 Å². The SMILES string of the molecule is CC(=O)C(C)C(=O)I. The summed E-state index contributed by atoms with van der Waals surface area (Å²) in [5.74, 6) is -0.486. The number of hydrogen-bond acceptors (Lipinski definition) is 2. The molecule has 0 bridgehead atoms. The second-order valence-electron chi connectivity index (χ2n) is 1.64. The minimum absolute atomic E-state index is 0.0654. The molecular weight excluding hydrogens is 219 g/mol. The molecule has 0 aromatic heterocycles. The molecule has 2 nitrogen and oxygen atoms in total. The minimum Gasteiger partial charge on any atom is -0.299 e. The Bertz CT molecular complexity index is 106. The Balaban J connectivity index is 3.83. The maximum atomic E-state index is 10.4. The molecule has 46 valence electrons. The summed E-state index contributed by atoms with van der Waals surface area (Å²) in [6.45, 7) is 3.03. The van der Waals surface area contributed by atoms with Gasteiger partial charge in [-0.3, -0.25) is 9.59 Å². The van der Waals surface area contributed by atoms with Gasteiger partial charge in [-0.15, -0.1) is 0 Å². The molecule has 0 rings (SSSR count). The maximum absolute atomic E-state index is 10.4. The van der Waals surface area contributed by atoms with Crippen LogP contribution in [0.2, 0.25) is 0 Å². The first-order valence-electron chi connectivity index (χ1n) is 2.25. The molecule has 0 radical (unpaired) electrons. The van der Waals surface area contributed by atoms with Crippen LogP contribution in [0.4, 0.5) is 0 Å². The Kier molecular flexibility index (Phi) is 3.19. The van der Waals surface area contributed by atoms with E-state index in [0.29, 0.717) is 0 Å². The van der Waals surface area contributed by atoms with Gasteiger partial charge in [0.2, 0.25) is 3.79 Å². The standard InChI is InChI=1S/C5H7IO2/c1-3(4(2)7)5(6)8/h3H,1-2H3. The van der Waals surface area contributed by atoms with Crippen molar-refractivity contribution in [2.24, 2.45) is 5.92 Å². The van der Waals surface area contributed by atoms with Crippen LogP contribution in [-0.4, -0.2) is 9.57 Å². The van der Waals surface area contributed by atoms with E-state index in [-0.39, 0.29) is 9.57 Å². The third-order valence-corrected chi connectivity index (χ3v) is 1.88. The topological polar surface area (TPSA) is 34.1 Å². The highest BCUT2D eigenvalue weighted by molar-refractivity contribution is 14.1. The van der Waals surface area contributed by atoms with Crippen molar-refractivity contribution in [3.63, 3.8) is 0 Å². The maximum Gasteiger partial charge on any atom is 0.202 e. The second kappa shape index (κ2) is 3.17. The van der Waals surface area contributed by atoms with Gasteiger partial charge in [-0.05, 0) is 13.8 Å². The van der Waals surface area contributed by atoms with E-state index >= 15 is 0 Å². The van der Waals surface area contributed by atoms with Gasteiger partial charge in [0.1, 0.15) is 5.78 Å². The number of carbonyl (C=O) groups excluding carboxylic acids is 2. The van der Waals surface area contributed by atoms with Crippen molar-refractivity contribution in [3.05, 3.63) is 0 Å². The van der Waals surface area contributed by atoms with Gasteiger partial charge in [-0.1, -0.05) is 0 Å². The lowest BCUT2D eigenvalue weighted by Crippen LogP contribution is -2.12. The van der Waals surface area contributed by atoms with E-state index in [9.17, 15) is 9.59 Å². The van der Waals surface area contributed by atoms with E-state index in [1.165, 1.54) is 6.92 Å². The third kappa shape index (κ3) is 2.40. The molecule has 0 heterocycles. The van der Waals surface area contributed by atoms with Crippen molar-refractivity contribution in [1.82, 2.24) is 0 Å². The molecule has 0 aliphatic carbocycles. The summed E-state index contributed by atoms with van der Waals surface area (Å²) in [6.07, 6.45) is 0. The van der Waals surface area contributed by atoms with E-state index in [2.05, 4.69) is 0 Å². The van der Waals surface area contributed by atoms with Gasteiger partial charge in [-0.25, -0.2) is 0 Å². The highest BCUT2D eigenvalue weighted by Gasteiger charge is 2.12. The van der Waals surface area contributed by atoms with Crippen LogP contribution in [0.15, 0.2) is 0 Å². The molecule has 0 spiro atoms. The van der Waals surface area contributed by atoms with Crippen LogP contribution in [-0.2, 0) is 9.59 Å². The minimum atomic E-state index is -0.421. The fourth-order valence-corrected chi connectivity index (χ4v) is 0.598. The predicted octanol–water partition coefficient (Wildman–Crippen LogP) is 1.17. The molecule has 0 fully saturated rings. The lowest BCUT2D eigenvalue weighted by molar-refractivity contribution is -0.125. The highest BCUT2D eigenvalue weighted by Crippen LogP contribution is 2.03. The largest absolute Gasteiger partial charge is 0.299 e. The average molecular weight is 226 g/mol. The summed E-state index contributed by atoms with van der Waals surface area (Å²) in [6, 6.07) is 0. The monoisotopic (exact) mass is 226 g/mol. The summed E-state index contributed by atoms with van der Waals surface area (Å²) in [5, 5.41) is 0. The second-order valence-corrected chi connectivity index (χ2v) is 2.70.